The molecule has 0 nitrogen and oxygen atoms in total. The van der Waals surface area contributed by atoms with Gasteiger partial charge in [0, 0.05) is 5.92 Å². The van der Waals surface area contributed by atoms with Crippen LogP contribution in [-0.2, 0) is 0 Å². The van der Waals surface area contributed by atoms with E-state index in [0.29, 0.717) is 0 Å². The van der Waals surface area contributed by atoms with Gasteiger partial charge in [-0.2, -0.15) is 0 Å². The molecule has 0 radical (unpaired) electrons. The van der Waals surface area contributed by atoms with Crippen LogP contribution in [0.3, 0.4) is 0 Å². The van der Waals surface area contributed by atoms with Crippen molar-refractivity contribution in [3.63, 3.8) is 0 Å². The lowest BCUT2D eigenvalue weighted by Crippen LogP contribution is -2.21. The normalized spacial score (nSPS) is 46.3. The zero-order chi connectivity index (χ0) is 7.59. The molecule has 0 saturated heterocycles. The molecule has 2 bridgehead atoms. The second-order valence-corrected chi connectivity index (χ2v) is 4.43. The molecular formula is C11H14. The van der Waals surface area contributed by atoms with Gasteiger partial charge < -0.3 is 0 Å². The third-order valence-corrected chi connectivity index (χ3v) is 3.81. The Morgan fingerprint density at radius 3 is 2.82 bits per heavy atom. The molecule has 0 heterocycles. The summed E-state index contributed by atoms with van der Waals surface area (Å²) in [5.41, 5.74) is 5.15. The Kier molecular flexibility index (Phi) is 0.894. The van der Waals surface area contributed by atoms with Crippen molar-refractivity contribution in [1.82, 2.24) is 0 Å². The fourth-order valence-corrected chi connectivity index (χ4v) is 3.37. The molecule has 0 aliphatic heterocycles. The summed E-state index contributed by atoms with van der Waals surface area (Å²) in [5.74, 6) is 2.70. The number of rotatable bonds is 0. The second-order valence-electron chi connectivity index (χ2n) is 4.43. The van der Waals surface area contributed by atoms with Gasteiger partial charge in [-0.1, -0.05) is 30.2 Å². The smallest absolute Gasteiger partial charge is 0.00134 e. The minimum Gasteiger partial charge on any atom is -0.0992 e. The molecule has 11 heavy (non-hydrogen) atoms. The van der Waals surface area contributed by atoms with Crippen LogP contribution in [0.4, 0.5) is 0 Å². The van der Waals surface area contributed by atoms with Gasteiger partial charge in [-0.25, -0.2) is 0 Å². The fourth-order valence-electron chi connectivity index (χ4n) is 3.37. The Morgan fingerprint density at radius 2 is 2.18 bits per heavy atom. The summed E-state index contributed by atoms with van der Waals surface area (Å²) in [7, 11) is 0. The Labute approximate surface area is 68.0 Å². The molecule has 3 aliphatic carbocycles. The van der Waals surface area contributed by atoms with Crippen LogP contribution in [0, 0.1) is 17.8 Å². The van der Waals surface area contributed by atoms with Crippen LogP contribution in [0.2, 0.25) is 0 Å². The Balaban J connectivity index is 2.08. The molecule has 1 saturated carbocycles. The summed E-state index contributed by atoms with van der Waals surface area (Å²) in [4.78, 5) is 0. The van der Waals surface area contributed by atoms with Gasteiger partial charge in [0.25, 0.3) is 0 Å². The van der Waals surface area contributed by atoms with Crippen molar-refractivity contribution >= 4 is 0 Å². The predicted octanol–water partition coefficient (Wildman–Crippen LogP) is 2.92. The first-order valence-electron chi connectivity index (χ1n) is 4.68. The third-order valence-electron chi connectivity index (χ3n) is 3.81. The Bertz CT molecular complexity index is 270. The van der Waals surface area contributed by atoms with E-state index in [4.69, 9.17) is 0 Å². The van der Waals surface area contributed by atoms with Crippen LogP contribution in [0.5, 0.6) is 0 Å². The van der Waals surface area contributed by atoms with Gasteiger partial charge >= 0.3 is 0 Å². The van der Waals surface area contributed by atoms with E-state index >= 15 is 0 Å². The summed E-state index contributed by atoms with van der Waals surface area (Å²) in [5, 5.41) is 0. The van der Waals surface area contributed by atoms with Crippen molar-refractivity contribution in [2.24, 2.45) is 17.8 Å². The molecule has 0 aromatic heterocycles. The number of hydrogen-bond acceptors (Lipinski definition) is 0. The molecular weight excluding hydrogens is 132 g/mol. The molecule has 0 heteroatoms. The summed E-state index contributed by atoms with van der Waals surface area (Å²) in [6, 6.07) is 0. The minimum absolute atomic E-state index is 0.839. The molecule has 3 aliphatic rings. The molecule has 1 fully saturated rings. The summed E-state index contributed by atoms with van der Waals surface area (Å²) < 4.78 is 0. The van der Waals surface area contributed by atoms with Crippen molar-refractivity contribution in [3.8, 4) is 0 Å². The largest absolute Gasteiger partial charge is 0.0992 e. The maximum absolute atomic E-state index is 4.15. The lowest BCUT2D eigenvalue weighted by molar-refractivity contribution is 0.496. The molecule has 58 valence electrons. The van der Waals surface area contributed by atoms with Gasteiger partial charge in [0.1, 0.15) is 0 Å². The molecule has 3 rings (SSSR count). The van der Waals surface area contributed by atoms with Gasteiger partial charge in [-0.3, -0.25) is 0 Å². The highest BCUT2D eigenvalue weighted by Gasteiger charge is 2.47. The van der Waals surface area contributed by atoms with E-state index in [0.717, 1.165) is 17.8 Å². The molecule has 3 atom stereocenters. The summed E-state index contributed by atoms with van der Waals surface area (Å²) in [6.07, 6.45) is 4.12. The highest BCUT2D eigenvalue weighted by atomic mass is 14.5. The van der Waals surface area contributed by atoms with Gasteiger partial charge in [0.15, 0.2) is 0 Å². The molecule has 0 aromatic rings. The lowest BCUT2D eigenvalue weighted by atomic mass is 9.70. The average Bonchev–Trinajstić information content (AvgIpc) is 2.37. The topological polar surface area (TPSA) is 0 Å². The number of fused-ring (bicyclic) bond motifs is 4. The average molecular weight is 146 g/mol. The van der Waals surface area contributed by atoms with E-state index in [-0.39, 0.29) is 0 Å². The van der Waals surface area contributed by atoms with Crippen molar-refractivity contribution in [3.05, 3.63) is 23.3 Å². The van der Waals surface area contributed by atoms with Gasteiger partial charge in [-0.05, 0) is 31.1 Å². The van der Waals surface area contributed by atoms with E-state index in [9.17, 15) is 0 Å². The molecule has 0 amide bonds. The predicted molar refractivity (Wildman–Crippen MR) is 46.2 cm³/mol. The van der Waals surface area contributed by atoms with E-state index in [1.807, 2.05) is 5.57 Å². The second kappa shape index (κ2) is 1.63. The zero-order valence-corrected chi connectivity index (χ0v) is 7.06. The van der Waals surface area contributed by atoms with Crippen molar-refractivity contribution in [2.45, 2.75) is 26.2 Å². The van der Waals surface area contributed by atoms with Crippen LogP contribution in [0.15, 0.2) is 23.3 Å². The van der Waals surface area contributed by atoms with E-state index in [2.05, 4.69) is 13.5 Å². The van der Waals surface area contributed by atoms with E-state index < -0.39 is 0 Å². The van der Waals surface area contributed by atoms with E-state index in [1.54, 1.807) is 5.57 Å². The van der Waals surface area contributed by atoms with Gasteiger partial charge in [0.05, 0.1) is 0 Å². The Hall–Kier alpha value is -0.520. The van der Waals surface area contributed by atoms with Crippen LogP contribution >= 0.6 is 0 Å². The summed E-state index contributed by atoms with van der Waals surface area (Å²) >= 11 is 0. The van der Waals surface area contributed by atoms with Crippen LogP contribution < -0.4 is 0 Å². The SMILES string of the molecule is C=C1CC2CC1C1=C2C(C)C1. The van der Waals surface area contributed by atoms with Gasteiger partial charge in [0.2, 0.25) is 0 Å². The molecule has 0 spiro atoms. The highest BCUT2D eigenvalue weighted by Crippen LogP contribution is 2.60. The highest BCUT2D eigenvalue weighted by molar-refractivity contribution is 5.45. The Morgan fingerprint density at radius 1 is 1.36 bits per heavy atom. The lowest BCUT2D eigenvalue weighted by Gasteiger charge is -2.35. The molecule has 0 aromatic carbocycles. The quantitative estimate of drug-likeness (QED) is 0.461. The monoisotopic (exact) mass is 146 g/mol. The van der Waals surface area contributed by atoms with Crippen LogP contribution in [0.1, 0.15) is 26.2 Å². The van der Waals surface area contributed by atoms with Crippen LogP contribution in [-0.4, -0.2) is 0 Å². The van der Waals surface area contributed by atoms with Crippen LogP contribution in [0.25, 0.3) is 0 Å². The maximum Gasteiger partial charge on any atom is 0.00134 e. The first-order chi connectivity index (χ1) is 5.27. The van der Waals surface area contributed by atoms with Gasteiger partial charge in [-0.15, -0.1) is 0 Å². The third kappa shape index (κ3) is 0.535. The number of allylic oxidation sites excluding steroid dienone is 3. The standard InChI is InChI=1S/C11H14/c1-6-3-8-5-9(6)10-4-7(2)11(8)10/h7-9H,1,3-5H2,2H3. The van der Waals surface area contributed by atoms with Crippen molar-refractivity contribution in [1.29, 1.82) is 0 Å². The molecule has 0 N–H and O–H groups in total. The first-order valence-corrected chi connectivity index (χ1v) is 4.68. The fraction of sp³-hybridized carbons (Fsp3) is 0.636. The number of hydrogen-bond donors (Lipinski definition) is 0. The minimum atomic E-state index is 0.839. The zero-order valence-electron chi connectivity index (χ0n) is 7.06. The summed E-state index contributed by atoms with van der Waals surface area (Å²) in [6.45, 7) is 6.52. The molecule has 3 unspecified atom stereocenters. The van der Waals surface area contributed by atoms with Crippen molar-refractivity contribution < 1.29 is 0 Å². The first kappa shape index (κ1) is 6.05. The maximum atomic E-state index is 4.15. The van der Waals surface area contributed by atoms with Crippen molar-refractivity contribution in [2.75, 3.05) is 0 Å². The van der Waals surface area contributed by atoms with E-state index in [1.165, 1.54) is 24.8 Å².